The molecule has 108 valence electrons. The monoisotopic (exact) mass is 339 g/mol. The molecule has 1 heterocycles. The number of aryl methyl sites for hydroxylation is 1. The van der Waals surface area contributed by atoms with Crippen LogP contribution in [-0.2, 0) is 7.05 Å². The van der Waals surface area contributed by atoms with Crippen LogP contribution in [0.15, 0.2) is 10.5 Å². The van der Waals surface area contributed by atoms with Gasteiger partial charge in [-0.05, 0) is 19.4 Å². The number of anilines is 1. The number of methoxy groups -OCH3 is 2. The van der Waals surface area contributed by atoms with Crippen molar-refractivity contribution in [2.75, 3.05) is 20.0 Å². The molecule has 1 aromatic heterocycles. The van der Waals surface area contributed by atoms with E-state index in [9.17, 15) is 0 Å². The standard InChI is InChI=1S/C14H18BrN3O2/c1-7-11(9-6-10(16)18(3)17-9)14(20-5)13(19-4)8(2)12(7)15/h6H,16H2,1-5H3. The van der Waals surface area contributed by atoms with Crippen molar-refractivity contribution in [3.8, 4) is 22.8 Å². The summed E-state index contributed by atoms with van der Waals surface area (Å²) in [6, 6.07) is 1.83. The van der Waals surface area contributed by atoms with Crippen LogP contribution in [0.5, 0.6) is 11.5 Å². The average Bonchev–Trinajstić information content (AvgIpc) is 2.75. The summed E-state index contributed by atoms with van der Waals surface area (Å²) >= 11 is 3.61. The van der Waals surface area contributed by atoms with Gasteiger partial charge in [-0.1, -0.05) is 15.9 Å². The molecule has 0 saturated heterocycles. The molecule has 0 amide bonds. The van der Waals surface area contributed by atoms with E-state index in [1.54, 1.807) is 25.9 Å². The molecule has 2 rings (SSSR count). The van der Waals surface area contributed by atoms with Crippen LogP contribution in [-0.4, -0.2) is 24.0 Å². The molecule has 20 heavy (non-hydrogen) atoms. The van der Waals surface area contributed by atoms with Crippen LogP contribution in [0.3, 0.4) is 0 Å². The predicted molar refractivity (Wildman–Crippen MR) is 83.3 cm³/mol. The zero-order valence-corrected chi connectivity index (χ0v) is 13.8. The van der Waals surface area contributed by atoms with Gasteiger partial charge in [-0.15, -0.1) is 0 Å². The van der Waals surface area contributed by atoms with Gasteiger partial charge >= 0.3 is 0 Å². The maximum absolute atomic E-state index is 5.87. The molecular formula is C14H18BrN3O2. The summed E-state index contributed by atoms with van der Waals surface area (Å²) < 4.78 is 13.6. The third-order valence-corrected chi connectivity index (χ3v) is 4.58. The van der Waals surface area contributed by atoms with E-state index in [4.69, 9.17) is 15.2 Å². The van der Waals surface area contributed by atoms with Gasteiger partial charge in [0, 0.05) is 23.2 Å². The van der Waals surface area contributed by atoms with Gasteiger partial charge in [0.05, 0.1) is 25.5 Å². The summed E-state index contributed by atoms with van der Waals surface area (Å²) in [4.78, 5) is 0. The highest BCUT2D eigenvalue weighted by Gasteiger charge is 2.23. The van der Waals surface area contributed by atoms with Crippen molar-refractivity contribution >= 4 is 21.7 Å². The van der Waals surface area contributed by atoms with Crippen molar-refractivity contribution in [1.29, 1.82) is 0 Å². The third-order valence-electron chi connectivity index (χ3n) is 3.39. The van der Waals surface area contributed by atoms with E-state index in [0.29, 0.717) is 17.3 Å². The molecule has 2 aromatic rings. The fraction of sp³-hybridized carbons (Fsp3) is 0.357. The Balaban J connectivity index is 2.83. The Morgan fingerprint density at radius 3 is 2.20 bits per heavy atom. The SMILES string of the molecule is COc1c(C)c(Br)c(C)c(-c2cc(N)n(C)n2)c1OC. The number of hydrogen-bond acceptors (Lipinski definition) is 4. The van der Waals surface area contributed by atoms with Crippen LogP contribution < -0.4 is 15.2 Å². The number of nitrogen functional groups attached to an aromatic ring is 1. The van der Waals surface area contributed by atoms with E-state index in [1.165, 1.54) is 0 Å². The number of rotatable bonds is 3. The van der Waals surface area contributed by atoms with Crippen LogP contribution in [0.25, 0.3) is 11.3 Å². The van der Waals surface area contributed by atoms with Crippen molar-refractivity contribution in [3.63, 3.8) is 0 Å². The molecule has 0 unspecified atom stereocenters. The quantitative estimate of drug-likeness (QED) is 0.933. The van der Waals surface area contributed by atoms with Gasteiger partial charge in [-0.25, -0.2) is 0 Å². The molecule has 0 atom stereocenters. The molecule has 6 heteroatoms. The number of aromatic nitrogens is 2. The molecule has 0 aliphatic carbocycles. The van der Waals surface area contributed by atoms with E-state index < -0.39 is 0 Å². The fourth-order valence-corrected chi connectivity index (χ4v) is 2.68. The van der Waals surface area contributed by atoms with Crippen LogP contribution in [0.1, 0.15) is 11.1 Å². The normalized spacial score (nSPS) is 10.7. The first kappa shape index (κ1) is 14.7. The lowest BCUT2D eigenvalue weighted by Gasteiger charge is -2.18. The minimum atomic E-state index is 0.595. The molecule has 2 N–H and O–H groups in total. The van der Waals surface area contributed by atoms with Crippen molar-refractivity contribution < 1.29 is 9.47 Å². The highest BCUT2D eigenvalue weighted by atomic mass is 79.9. The molecular weight excluding hydrogens is 322 g/mol. The van der Waals surface area contributed by atoms with Crippen molar-refractivity contribution in [2.45, 2.75) is 13.8 Å². The smallest absolute Gasteiger partial charge is 0.170 e. The second-order valence-electron chi connectivity index (χ2n) is 4.58. The number of nitrogens with zero attached hydrogens (tertiary/aromatic N) is 2. The van der Waals surface area contributed by atoms with Gasteiger partial charge in [0.1, 0.15) is 5.82 Å². The van der Waals surface area contributed by atoms with Crippen LogP contribution >= 0.6 is 15.9 Å². The van der Waals surface area contributed by atoms with Gasteiger partial charge in [-0.2, -0.15) is 5.10 Å². The maximum Gasteiger partial charge on any atom is 0.170 e. The molecule has 0 aliphatic heterocycles. The van der Waals surface area contributed by atoms with Gasteiger partial charge in [0.2, 0.25) is 0 Å². The summed E-state index contributed by atoms with van der Waals surface area (Å²) in [5.41, 5.74) is 9.56. The van der Waals surface area contributed by atoms with Gasteiger partial charge < -0.3 is 15.2 Å². The number of hydrogen-bond donors (Lipinski definition) is 1. The Labute approximate surface area is 126 Å². The summed E-state index contributed by atoms with van der Waals surface area (Å²) in [7, 11) is 5.06. The second-order valence-corrected chi connectivity index (χ2v) is 5.38. The predicted octanol–water partition coefficient (Wildman–Crippen LogP) is 3.07. The zero-order chi connectivity index (χ0) is 15.0. The molecule has 5 nitrogen and oxygen atoms in total. The van der Waals surface area contributed by atoms with Gasteiger partial charge in [-0.3, -0.25) is 4.68 Å². The molecule has 0 radical (unpaired) electrons. The minimum Gasteiger partial charge on any atom is -0.493 e. The Kier molecular flexibility index (Phi) is 3.94. The van der Waals surface area contributed by atoms with Gasteiger partial charge in [0.15, 0.2) is 11.5 Å². The van der Waals surface area contributed by atoms with Gasteiger partial charge in [0.25, 0.3) is 0 Å². The third kappa shape index (κ3) is 2.14. The molecule has 1 aromatic carbocycles. The highest BCUT2D eigenvalue weighted by molar-refractivity contribution is 9.10. The summed E-state index contributed by atoms with van der Waals surface area (Å²) in [5.74, 6) is 1.96. The number of ether oxygens (including phenoxy) is 2. The topological polar surface area (TPSA) is 62.3 Å². The molecule has 0 bridgehead atoms. The van der Waals surface area contributed by atoms with Crippen molar-refractivity contribution in [3.05, 3.63) is 21.7 Å². The Morgan fingerprint density at radius 1 is 1.15 bits per heavy atom. The van der Waals surface area contributed by atoms with E-state index in [2.05, 4.69) is 21.0 Å². The highest BCUT2D eigenvalue weighted by Crippen LogP contribution is 2.46. The molecule has 0 spiro atoms. The van der Waals surface area contributed by atoms with E-state index in [1.807, 2.05) is 19.9 Å². The Morgan fingerprint density at radius 2 is 1.75 bits per heavy atom. The Hall–Kier alpha value is -1.69. The number of nitrogens with two attached hydrogens (primary N) is 1. The van der Waals surface area contributed by atoms with Crippen molar-refractivity contribution in [1.82, 2.24) is 9.78 Å². The lowest BCUT2D eigenvalue weighted by molar-refractivity contribution is 0.353. The fourth-order valence-electron chi connectivity index (χ4n) is 2.30. The van der Waals surface area contributed by atoms with E-state index in [-0.39, 0.29) is 0 Å². The van der Waals surface area contributed by atoms with E-state index in [0.717, 1.165) is 26.9 Å². The number of benzene rings is 1. The lowest BCUT2D eigenvalue weighted by atomic mass is 10.0. The largest absolute Gasteiger partial charge is 0.493 e. The summed E-state index contributed by atoms with van der Waals surface area (Å²) in [5, 5.41) is 4.43. The average molecular weight is 340 g/mol. The van der Waals surface area contributed by atoms with Crippen LogP contribution in [0.2, 0.25) is 0 Å². The molecule has 0 saturated carbocycles. The second kappa shape index (κ2) is 5.36. The zero-order valence-electron chi connectivity index (χ0n) is 12.2. The molecule has 0 aliphatic rings. The molecule has 0 fully saturated rings. The van der Waals surface area contributed by atoms with Crippen molar-refractivity contribution in [2.24, 2.45) is 7.05 Å². The first-order chi connectivity index (χ1) is 9.42. The van der Waals surface area contributed by atoms with Crippen LogP contribution in [0, 0.1) is 13.8 Å². The lowest BCUT2D eigenvalue weighted by Crippen LogP contribution is -2.01. The van der Waals surface area contributed by atoms with Crippen LogP contribution in [0.4, 0.5) is 5.82 Å². The van der Waals surface area contributed by atoms with E-state index >= 15 is 0 Å². The number of halogens is 1. The minimum absolute atomic E-state index is 0.595. The summed E-state index contributed by atoms with van der Waals surface area (Å²) in [6.07, 6.45) is 0. The maximum atomic E-state index is 5.87. The first-order valence-electron chi connectivity index (χ1n) is 6.12. The Bertz CT molecular complexity index is 646. The summed E-state index contributed by atoms with van der Waals surface area (Å²) in [6.45, 7) is 3.99. The first-order valence-corrected chi connectivity index (χ1v) is 6.92.